The second-order valence-corrected chi connectivity index (χ2v) is 6.55. The molecule has 1 amide bonds. The minimum Gasteiger partial charge on any atom is -0.378 e. The maximum Gasteiger partial charge on any atom is 0.416 e. The number of alkyl halides is 3. The van der Waals surface area contributed by atoms with Crippen molar-refractivity contribution in [3.63, 3.8) is 0 Å². The van der Waals surface area contributed by atoms with Crippen molar-refractivity contribution in [2.75, 3.05) is 26.3 Å². The molecule has 140 valence electrons. The number of rotatable bonds is 2. The van der Waals surface area contributed by atoms with Crippen molar-refractivity contribution in [3.05, 3.63) is 47.7 Å². The lowest BCUT2D eigenvalue weighted by molar-refractivity contribution is -0.139. The Morgan fingerprint density at radius 1 is 1.31 bits per heavy atom. The van der Waals surface area contributed by atoms with Crippen molar-refractivity contribution in [3.8, 4) is 0 Å². The fraction of sp³-hybridized carbons (Fsp3) is 0.412. The smallest absolute Gasteiger partial charge is 0.378 e. The summed E-state index contributed by atoms with van der Waals surface area (Å²) < 4.78 is 44.5. The van der Waals surface area contributed by atoms with Crippen LogP contribution in [-0.2, 0) is 15.7 Å². The van der Waals surface area contributed by atoms with Crippen molar-refractivity contribution in [2.45, 2.75) is 12.2 Å². The first-order chi connectivity index (χ1) is 12.3. The summed E-state index contributed by atoms with van der Waals surface area (Å²) in [5.74, 6) is -0.994. The van der Waals surface area contributed by atoms with E-state index in [1.54, 1.807) is 11.0 Å². The van der Waals surface area contributed by atoms with Crippen molar-refractivity contribution < 1.29 is 22.7 Å². The molecule has 1 aromatic carbocycles. The Kier molecular flexibility index (Phi) is 5.19. The molecule has 2 N–H and O–H groups in total. The normalized spacial score (nSPS) is 24.0. The molecule has 26 heavy (non-hydrogen) atoms. The molecule has 2 aliphatic heterocycles. The Hall–Kier alpha value is -2.13. The number of carbonyl (C=O) groups is 1. The summed E-state index contributed by atoms with van der Waals surface area (Å²) in [6.07, 6.45) is -4.47. The van der Waals surface area contributed by atoms with E-state index in [1.165, 1.54) is 6.07 Å². The van der Waals surface area contributed by atoms with Crippen LogP contribution in [0.2, 0.25) is 0 Å². The number of nitrogens with one attached hydrogen (secondary N) is 2. The van der Waals surface area contributed by atoms with Crippen LogP contribution in [0.3, 0.4) is 0 Å². The van der Waals surface area contributed by atoms with Gasteiger partial charge in [-0.2, -0.15) is 13.2 Å². The zero-order valence-corrected chi connectivity index (χ0v) is 14.6. The average Bonchev–Trinajstić information content (AvgIpc) is 2.61. The highest BCUT2D eigenvalue weighted by atomic mass is 32.1. The zero-order valence-electron chi connectivity index (χ0n) is 13.8. The van der Waals surface area contributed by atoms with Gasteiger partial charge >= 0.3 is 6.18 Å². The van der Waals surface area contributed by atoms with Crippen LogP contribution in [-0.4, -0.2) is 42.2 Å². The van der Waals surface area contributed by atoms with E-state index in [-0.39, 0.29) is 11.0 Å². The maximum atomic E-state index is 13.1. The molecule has 0 spiro atoms. The number of benzene rings is 1. The van der Waals surface area contributed by atoms with Crippen molar-refractivity contribution in [1.29, 1.82) is 0 Å². The third kappa shape index (κ3) is 3.83. The van der Waals surface area contributed by atoms with Gasteiger partial charge in [-0.15, -0.1) is 0 Å². The number of amides is 1. The maximum absolute atomic E-state index is 13.1. The molecule has 0 radical (unpaired) electrons. The average molecular weight is 385 g/mol. The second kappa shape index (κ2) is 7.24. The Balaban J connectivity index is 1.94. The molecule has 0 saturated carbocycles. The summed E-state index contributed by atoms with van der Waals surface area (Å²) in [6.45, 7) is 5.59. The summed E-state index contributed by atoms with van der Waals surface area (Å²) in [6, 6.07) is 4.18. The first-order valence-corrected chi connectivity index (χ1v) is 8.48. The van der Waals surface area contributed by atoms with Gasteiger partial charge in [0.25, 0.3) is 0 Å². The van der Waals surface area contributed by atoms with E-state index in [0.717, 1.165) is 12.1 Å². The fourth-order valence-corrected chi connectivity index (χ4v) is 3.40. The van der Waals surface area contributed by atoms with Gasteiger partial charge in [0.05, 0.1) is 24.8 Å². The molecule has 0 unspecified atom stereocenters. The third-order valence-electron chi connectivity index (χ3n) is 4.43. The number of thiocarbonyl (C=S) groups is 1. The highest BCUT2D eigenvalue weighted by molar-refractivity contribution is 7.80. The number of nitrogens with zero attached hydrogens (tertiary/aromatic N) is 1. The van der Waals surface area contributed by atoms with Gasteiger partial charge < -0.3 is 20.3 Å². The SMILES string of the molecule is C=C1NC(=S)N[C@@H](c2cccc(C(F)(F)F)c2)[C@@H]1C(=O)N1CCOCC1. The van der Waals surface area contributed by atoms with Crippen molar-refractivity contribution in [1.82, 2.24) is 15.5 Å². The van der Waals surface area contributed by atoms with Crippen molar-refractivity contribution in [2.24, 2.45) is 5.92 Å². The number of ether oxygens (including phenoxy) is 1. The number of morpholine rings is 1. The molecule has 2 heterocycles. The van der Waals surface area contributed by atoms with E-state index in [1.807, 2.05) is 0 Å². The lowest BCUT2D eigenvalue weighted by atomic mass is 9.87. The quantitative estimate of drug-likeness (QED) is 0.765. The highest BCUT2D eigenvalue weighted by Gasteiger charge is 2.40. The van der Waals surface area contributed by atoms with E-state index < -0.39 is 23.7 Å². The Labute approximate surface area is 154 Å². The Morgan fingerprint density at radius 2 is 2.00 bits per heavy atom. The summed E-state index contributed by atoms with van der Waals surface area (Å²) >= 11 is 5.11. The molecule has 5 nitrogen and oxygen atoms in total. The molecule has 9 heteroatoms. The number of halogens is 3. The van der Waals surface area contributed by atoms with E-state index in [4.69, 9.17) is 17.0 Å². The van der Waals surface area contributed by atoms with E-state index in [0.29, 0.717) is 37.6 Å². The lowest BCUT2D eigenvalue weighted by Crippen LogP contribution is -2.55. The molecule has 3 rings (SSSR count). The van der Waals surface area contributed by atoms with Crippen LogP contribution in [0, 0.1) is 5.92 Å². The van der Waals surface area contributed by atoms with Gasteiger partial charge in [-0.3, -0.25) is 4.79 Å². The van der Waals surface area contributed by atoms with Crippen LogP contribution in [0.15, 0.2) is 36.5 Å². The molecular weight excluding hydrogens is 367 g/mol. The first-order valence-electron chi connectivity index (χ1n) is 8.07. The minimum absolute atomic E-state index is 0.219. The molecule has 2 aliphatic rings. The number of hydrogen-bond acceptors (Lipinski definition) is 3. The predicted octanol–water partition coefficient (Wildman–Crippen LogP) is 2.21. The number of hydrogen-bond donors (Lipinski definition) is 2. The molecule has 1 aromatic rings. The van der Waals surface area contributed by atoms with Crippen LogP contribution in [0.1, 0.15) is 17.2 Å². The molecule has 2 atom stereocenters. The second-order valence-electron chi connectivity index (χ2n) is 6.14. The summed E-state index contributed by atoms with van der Waals surface area (Å²) in [7, 11) is 0. The third-order valence-corrected chi connectivity index (χ3v) is 4.65. The Morgan fingerprint density at radius 3 is 2.65 bits per heavy atom. The zero-order chi connectivity index (χ0) is 18.9. The van der Waals surface area contributed by atoms with Gasteiger partial charge in [0.2, 0.25) is 5.91 Å². The first kappa shape index (κ1) is 18.7. The summed E-state index contributed by atoms with van der Waals surface area (Å²) in [4.78, 5) is 14.6. The van der Waals surface area contributed by atoms with Crippen LogP contribution in [0.4, 0.5) is 13.2 Å². The van der Waals surface area contributed by atoms with Crippen LogP contribution < -0.4 is 10.6 Å². The molecule has 2 saturated heterocycles. The summed E-state index contributed by atoms with van der Waals surface area (Å²) in [5, 5.41) is 5.97. The topological polar surface area (TPSA) is 53.6 Å². The largest absolute Gasteiger partial charge is 0.416 e. The van der Waals surface area contributed by atoms with Gasteiger partial charge in [-0.1, -0.05) is 18.7 Å². The molecule has 2 fully saturated rings. The minimum atomic E-state index is -4.47. The van der Waals surface area contributed by atoms with Crippen molar-refractivity contribution >= 4 is 23.2 Å². The van der Waals surface area contributed by atoms with Gasteiger partial charge in [0, 0.05) is 18.8 Å². The molecular formula is C17H18F3N3O2S. The van der Waals surface area contributed by atoms with Gasteiger partial charge in [0.1, 0.15) is 5.92 Å². The molecule has 0 bridgehead atoms. The van der Waals surface area contributed by atoms with Crippen LogP contribution in [0.5, 0.6) is 0 Å². The van der Waals surface area contributed by atoms with E-state index in [9.17, 15) is 18.0 Å². The van der Waals surface area contributed by atoms with Gasteiger partial charge in [-0.25, -0.2) is 0 Å². The van der Waals surface area contributed by atoms with E-state index in [2.05, 4.69) is 17.2 Å². The fourth-order valence-electron chi connectivity index (χ4n) is 3.14. The standard InChI is InChI=1S/C17H18F3N3O2S/c1-10-13(15(24)23-5-7-25-8-6-23)14(22-16(26)21-10)11-3-2-4-12(9-11)17(18,19)20/h2-4,9,13-14H,1,5-8H2,(H2,21,22,26)/t13-,14+/m1/s1. The number of carbonyl (C=O) groups excluding carboxylic acids is 1. The summed E-state index contributed by atoms with van der Waals surface area (Å²) in [5.41, 5.74) is -0.0754. The monoisotopic (exact) mass is 385 g/mol. The highest BCUT2D eigenvalue weighted by Crippen LogP contribution is 2.35. The van der Waals surface area contributed by atoms with Gasteiger partial charge in [0.15, 0.2) is 5.11 Å². The molecule has 0 aromatic heterocycles. The Bertz CT molecular complexity index is 732. The predicted molar refractivity (Wildman–Crippen MR) is 93.1 cm³/mol. The van der Waals surface area contributed by atoms with E-state index >= 15 is 0 Å². The van der Waals surface area contributed by atoms with Crippen LogP contribution in [0.25, 0.3) is 0 Å². The molecule has 0 aliphatic carbocycles. The van der Waals surface area contributed by atoms with Gasteiger partial charge in [-0.05, 0) is 29.9 Å². The lowest BCUT2D eigenvalue weighted by Gasteiger charge is -2.39. The van der Waals surface area contributed by atoms with Crippen LogP contribution >= 0.6 is 12.2 Å².